The average Bonchev–Trinajstić information content (AvgIpc) is 3.62. The minimum atomic E-state index is -0.958. The molecular formula is C33H46N2O4. The Kier molecular flexibility index (Phi) is 8.49. The number of pyridine rings is 1. The molecule has 1 amide bonds. The van der Waals surface area contributed by atoms with Crippen LogP contribution in [0.2, 0.25) is 0 Å². The molecule has 3 aliphatic carbocycles. The van der Waals surface area contributed by atoms with Crippen molar-refractivity contribution in [3.63, 3.8) is 0 Å². The Labute approximate surface area is 233 Å². The molecular weight excluding hydrogens is 488 g/mol. The number of aliphatic carboxylic acids is 1. The number of carbonyl (C=O) groups is 2. The van der Waals surface area contributed by atoms with Crippen LogP contribution in [0, 0.1) is 23.2 Å². The number of carboxylic acid groups (broad SMARTS) is 1. The van der Waals surface area contributed by atoms with Crippen molar-refractivity contribution in [1.82, 2.24) is 10.3 Å². The Bertz CT molecular complexity index is 1170. The molecule has 2 aromatic rings. The van der Waals surface area contributed by atoms with Crippen molar-refractivity contribution in [3.8, 4) is 5.75 Å². The van der Waals surface area contributed by atoms with Crippen LogP contribution in [0.5, 0.6) is 5.75 Å². The van der Waals surface area contributed by atoms with Gasteiger partial charge in [0.2, 0.25) is 0 Å². The summed E-state index contributed by atoms with van der Waals surface area (Å²) >= 11 is 0. The number of rotatable bonds is 8. The van der Waals surface area contributed by atoms with Crippen molar-refractivity contribution in [2.24, 2.45) is 23.2 Å². The normalized spacial score (nSPS) is 23.7. The van der Waals surface area contributed by atoms with E-state index in [0.29, 0.717) is 17.0 Å². The molecule has 0 bridgehead atoms. The lowest BCUT2D eigenvalue weighted by atomic mass is 9.72. The summed E-state index contributed by atoms with van der Waals surface area (Å²) in [5, 5.41) is 14.6. The Morgan fingerprint density at radius 3 is 2.28 bits per heavy atom. The predicted molar refractivity (Wildman–Crippen MR) is 154 cm³/mol. The van der Waals surface area contributed by atoms with Gasteiger partial charge in [-0.2, -0.15) is 0 Å². The number of aromatic nitrogens is 1. The number of fused-ring (bicyclic) bond motifs is 1. The first-order chi connectivity index (χ1) is 18.7. The number of ether oxygens (including phenoxy) is 1. The number of amides is 1. The third kappa shape index (κ3) is 6.75. The molecule has 2 N–H and O–H groups in total. The van der Waals surface area contributed by atoms with E-state index in [-0.39, 0.29) is 17.9 Å². The molecule has 212 valence electrons. The van der Waals surface area contributed by atoms with E-state index >= 15 is 0 Å². The molecule has 5 rings (SSSR count). The molecule has 0 spiro atoms. The number of benzene rings is 1. The summed E-state index contributed by atoms with van der Waals surface area (Å²) in [6.45, 7) is 7.02. The topological polar surface area (TPSA) is 88.5 Å². The Hall–Kier alpha value is -2.63. The van der Waals surface area contributed by atoms with Crippen LogP contribution in [0.4, 0.5) is 0 Å². The highest BCUT2D eigenvalue weighted by Crippen LogP contribution is 2.39. The number of hydrogen-bond donors (Lipinski definition) is 2. The third-order valence-electron chi connectivity index (χ3n) is 9.70. The van der Waals surface area contributed by atoms with E-state index in [9.17, 15) is 14.7 Å². The van der Waals surface area contributed by atoms with Crippen LogP contribution in [0.1, 0.15) is 114 Å². The fourth-order valence-corrected chi connectivity index (χ4v) is 7.26. The van der Waals surface area contributed by atoms with Gasteiger partial charge in [-0.1, -0.05) is 65.4 Å². The predicted octanol–water partition coefficient (Wildman–Crippen LogP) is 7.32. The molecule has 1 atom stereocenters. The number of hydrogen-bond acceptors (Lipinski definition) is 4. The van der Waals surface area contributed by atoms with Crippen LogP contribution < -0.4 is 10.1 Å². The second-order valence-corrected chi connectivity index (χ2v) is 13.5. The number of carbonyl (C=O) groups excluding carboxylic acids is 1. The summed E-state index contributed by atoms with van der Waals surface area (Å²) in [5.41, 5.74) is 1.59. The molecule has 3 aliphatic rings. The van der Waals surface area contributed by atoms with Crippen molar-refractivity contribution in [2.45, 2.75) is 116 Å². The average molecular weight is 535 g/mol. The number of nitrogens with zero attached hydrogens (tertiary/aromatic N) is 1. The molecule has 3 saturated carbocycles. The van der Waals surface area contributed by atoms with Gasteiger partial charge in [-0.15, -0.1) is 0 Å². The minimum absolute atomic E-state index is 0.0111. The zero-order chi connectivity index (χ0) is 27.6. The molecule has 0 aliphatic heterocycles. The second-order valence-electron chi connectivity index (χ2n) is 13.5. The Morgan fingerprint density at radius 2 is 1.64 bits per heavy atom. The summed E-state index contributed by atoms with van der Waals surface area (Å²) in [5.74, 6) is 0.834. The second kappa shape index (κ2) is 11.9. The molecule has 1 aromatic carbocycles. The van der Waals surface area contributed by atoms with Gasteiger partial charge in [0.25, 0.3) is 5.91 Å². The van der Waals surface area contributed by atoms with Crippen LogP contribution in [0.15, 0.2) is 24.3 Å². The van der Waals surface area contributed by atoms with Crippen LogP contribution in [-0.2, 0) is 11.2 Å². The van der Waals surface area contributed by atoms with Crippen molar-refractivity contribution in [3.05, 3.63) is 35.7 Å². The fourth-order valence-electron chi connectivity index (χ4n) is 7.26. The van der Waals surface area contributed by atoms with E-state index in [1.54, 1.807) is 0 Å². The molecule has 1 unspecified atom stereocenters. The summed E-state index contributed by atoms with van der Waals surface area (Å²) in [6, 6.07) is 7.11. The summed E-state index contributed by atoms with van der Waals surface area (Å²) < 4.78 is 6.49. The number of carboxylic acids is 1. The van der Waals surface area contributed by atoms with Gasteiger partial charge in [-0.3, -0.25) is 4.79 Å². The van der Waals surface area contributed by atoms with Gasteiger partial charge in [-0.25, -0.2) is 9.78 Å². The molecule has 1 heterocycles. The summed E-state index contributed by atoms with van der Waals surface area (Å²) in [7, 11) is 0. The SMILES string of the molecule is CC(C)(C)[C@H]1CC[C@H](Oc2ccc3cc(C(=O)NC(C(=O)O)C4CCCC4)nc(CC4CCCC4)c3c2)CC1. The van der Waals surface area contributed by atoms with Crippen molar-refractivity contribution < 1.29 is 19.4 Å². The van der Waals surface area contributed by atoms with Gasteiger partial charge in [0, 0.05) is 11.1 Å². The molecule has 0 radical (unpaired) electrons. The first-order valence-electron chi connectivity index (χ1n) is 15.3. The van der Waals surface area contributed by atoms with Crippen LogP contribution in [-0.4, -0.2) is 34.1 Å². The first-order valence-corrected chi connectivity index (χ1v) is 15.3. The van der Waals surface area contributed by atoms with E-state index in [1.165, 1.54) is 38.5 Å². The van der Waals surface area contributed by atoms with Gasteiger partial charge in [0.05, 0.1) is 6.10 Å². The monoisotopic (exact) mass is 534 g/mol. The maximum Gasteiger partial charge on any atom is 0.326 e. The Balaban J connectivity index is 1.37. The van der Waals surface area contributed by atoms with Crippen molar-refractivity contribution >= 4 is 22.6 Å². The zero-order valence-electron chi connectivity index (χ0n) is 24.0. The largest absolute Gasteiger partial charge is 0.490 e. The fraction of sp³-hybridized carbons (Fsp3) is 0.667. The van der Waals surface area contributed by atoms with Crippen LogP contribution in [0.3, 0.4) is 0 Å². The standard InChI is InChI=1S/C33H46N2O4/c1-33(2,3)24-13-16-25(17-14-24)39-26-15-12-23-19-29(31(36)35-30(32(37)38)22-10-6-7-11-22)34-28(27(23)20-26)18-21-8-4-5-9-21/h12,15,19-22,24-25,30H,4-11,13-14,16-18H2,1-3H3,(H,35,36)(H,37,38)/t24-,25-,30?. The van der Waals surface area contributed by atoms with Crippen LogP contribution >= 0.6 is 0 Å². The minimum Gasteiger partial charge on any atom is -0.490 e. The van der Waals surface area contributed by atoms with Crippen molar-refractivity contribution in [2.75, 3.05) is 0 Å². The first kappa shape index (κ1) is 27.9. The smallest absolute Gasteiger partial charge is 0.326 e. The van der Waals surface area contributed by atoms with E-state index in [4.69, 9.17) is 9.72 Å². The van der Waals surface area contributed by atoms with E-state index in [0.717, 1.165) is 73.1 Å². The lowest BCUT2D eigenvalue weighted by Crippen LogP contribution is -2.45. The van der Waals surface area contributed by atoms with Crippen molar-refractivity contribution in [1.29, 1.82) is 0 Å². The van der Waals surface area contributed by atoms with E-state index < -0.39 is 12.0 Å². The maximum atomic E-state index is 13.3. The molecule has 0 saturated heterocycles. The maximum absolute atomic E-state index is 13.3. The van der Waals surface area contributed by atoms with E-state index in [2.05, 4.69) is 32.2 Å². The van der Waals surface area contributed by atoms with Gasteiger partial charge in [-0.05, 0) is 91.7 Å². The Morgan fingerprint density at radius 1 is 0.974 bits per heavy atom. The molecule has 39 heavy (non-hydrogen) atoms. The van der Waals surface area contributed by atoms with Gasteiger partial charge >= 0.3 is 5.97 Å². The molecule has 6 heteroatoms. The molecule has 6 nitrogen and oxygen atoms in total. The highest BCUT2D eigenvalue weighted by Gasteiger charge is 2.33. The lowest BCUT2D eigenvalue weighted by Gasteiger charge is -2.37. The third-order valence-corrected chi connectivity index (χ3v) is 9.70. The van der Waals surface area contributed by atoms with Gasteiger partial charge < -0.3 is 15.2 Å². The quantitative estimate of drug-likeness (QED) is 0.370. The van der Waals surface area contributed by atoms with Gasteiger partial charge in [0.1, 0.15) is 17.5 Å². The lowest BCUT2D eigenvalue weighted by molar-refractivity contribution is -0.140. The van der Waals surface area contributed by atoms with Gasteiger partial charge in [0.15, 0.2) is 0 Å². The highest BCUT2D eigenvalue weighted by atomic mass is 16.5. The molecule has 1 aromatic heterocycles. The summed E-state index contributed by atoms with van der Waals surface area (Å²) in [4.78, 5) is 30.2. The zero-order valence-corrected chi connectivity index (χ0v) is 24.0. The molecule has 3 fully saturated rings. The van der Waals surface area contributed by atoms with E-state index in [1.807, 2.05) is 18.2 Å². The highest BCUT2D eigenvalue weighted by molar-refractivity contribution is 5.99. The summed E-state index contributed by atoms with van der Waals surface area (Å²) in [6.07, 6.45) is 14.2. The van der Waals surface area contributed by atoms with Crippen LogP contribution in [0.25, 0.3) is 10.8 Å². The number of nitrogens with one attached hydrogen (secondary N) is 1.